The molecule has 1 aliphatic rings. The Balaban J connectivity index is 2.42. The predicted molar refractivity (Wildman–Crippen MR) is 66.4 cm³/mol. The number of hydrogen-bond acceptors (Lipinski definition) is 4. The van der Waals surface area contributed by atoms with Gasteiger partial charge >= 0.3 is 0 Å². The van der Waals surface area contributed by atoms with Crippen molar-refractivity contribution < 1.29 is 4.79 Å². The molecule has 0 spiro atoms. The topological polar surface area (TPSA) is 50.6 Å². The maximum absolute atomic E-state index is 11.6. The van der Waals surface area contributed by atoms with Gasteiger partial charge in [0, 0.05) is 40.3 Å². The minimum atomic E-state index is -0.405. The standard InChI is InChI=1S/C12H22N4O/c1-12(2,10-13)16-7-5-15(6-8-16)9-11(17)14(3)4/h5-9H2,1-4H3. The first-order chi connectivity index (χ1) is 7.86. The first kappa shape index (κ1) is 13.9. The third kappa shape index (κ3) is 3.69. The van der Waals surface area contributed by atoms with E-state index in [0.29, 0.717) is 6.54 Å². The van der Waals surface area contributed by atoms with E-state index in [9.17, 15) is 4.79 Å². The number of nitriles is 1. The highest BCUT2D eigenvalue weighted by molar-refractivity contribution is 5.77. The van der Waals surface area contributed by atoms with Crippen LogP contribution in [0.5, 0.6) is 0 Å². The van der Waals surface area contributed by atoms with Gasteiger partial charge in [0.1, 0.15) is 5.54 Å². The Morgan fingerprint density at radius 2 is 1.82 bits per heavy atom. The molecule has 5 heteroatoms. The van der Waals surface area contributed by atoms with Crippen LogP contribution in [0.15, 0.2) is 0 Å². The zero-order chi connectivity index (χ0) is 13.1. The van der Waals surface area contributed by atoms with Crippen LogP contribution in [0.4, 0.5) is 0 Å². The summed E-state index contributed by atoms with van der Waals surface area (Å²) < 4.78 is 0. The minimum absolute atomic E-state index is 0.137. The molecule has 0 N–H and O–H groups in total. The first-order valence-electron chi connectivity index (χ1n) is 5.95. The van der Waals surface area contributed by atoms with Crippen molar-refractivity contribution in [1.29, 1.82) is 5.26 Å². The van der Waals surface area contributed by atoms with E-state index in [0.717, 1.165) is 26.2 Å². The van der Waals surface area contributed by atoms with Crippen molar-refractivity contribution in [3.63, 3.8) is 0 Å². The second kappa shape index (κ2) is 5.48. The van der Waals surface area contributed by atoms with E-state index in [4.69, 9.17) is 5.26 Å². The van der Waals surface area contributed by atoms with Crippen LogP contribution in [-0.2, 0) is 4.79 Å². The fourth-order valence-electron chi connectivity index (χ4n) is 1.87. The molecule has 1 aliphatic heterocycles. The van der Waals surface area contributed by atoms with E-state index in [-0.39, 0.29) is 5.91 Å². The van der Waals surface area contributed by atoms with E-state index < -0.39 is 5.54 Å². The molecule has 1 rings (SSSR count). The fraction of sp³-hybridized carbons (Fsp3) is 0.833. The lowest BCUT2D eigenvalue weighted by Gasteiger charge is -2.40. The van der Waals surface area contributed by atoms with Gasteiger partial charge in [-0.15, -0.1) is 0 Å². The van der Waals surface area contributed by atoms with E-state index in [1.165, 1.54) is 0 Å². The number of likely N-dealkylation sites (N-methyl/N-ethyl adjacent to an activating group) is 1. The van der Waals surface area contributed by atoms with Gasteiger partial charge in [-0.05, 0) is 13.8 Å². The number of rotatable bonds is 3. The number of carbonyl (C=O) groups is 1. The van der Waals surface area contributed by atoms with Gasteiger partial charge in [-0.3, -0.25) is 14.6 Å². The molecule has 0 aromatic heterocycles. The van der Waals surface area contributed by atoms with Crippen LogP contribution in [-0.4, -0.2) is 73.0 Å². The Morgan fingerprint density at radius 1 is 1.29 bits per heavy atom. The number of piperazine rings is 1. The smallest absolute Gasteiger partial charge is 0.236 e. The van der Waals surface area contributed by atoms with Gasteiger partial charge in [0.25, 0.3) is 0 Å². The Hall–Kier alpha value is -1.12. The second-order valence-electron chi connectivity index (χ2n) is 5.22. The van der Waals surface area contributed by atoms with Gasteiger partial charge in [-0.2, -0.15) is 5.26 Å². The zero-order valence-corrected chi connectivity index (χ0v) is 11.2. The van der Waals surface area contributed by atoms with Crippen molar-refractivity contribution in [2.24, 2.45) is 0 Å². The molecule has 1 heterocycles. The molecular weight excluding hydrogens is 216 g/mol. The normalized spacial score (nSPS) is 18.8. The zero-order valence-electron chi connectivity index (χ0n) is 11.2. The van der Waals surface area contributed by atoms with Gasteiger partial charge in [-0.1, -0.05) is 0 Å². The van der Waals surface area contributed by atoms with E-state index in [1.807, 2.05) is 13.8 Å². The quantitative estimate of drug-likeness (QED) is 0.694. The van der Waals surface area contributed by atoms with Crippen molar-refractivity contribution >= 4 is 5.91 Å². The second-order valence-corrected chi connectivity index (χ2v) is 5.22. The van der Waals surface area contributed by atoms with Gasteiger partial charge < -0.3 is 4.90 Å². The van der Waals surface area contributed by atoms with Crippen LogP contribution < -0.4 is 0 Å². The lowest BCUT2D eigenvalue weighted by Crippen LogP contribution is -2.55. The highest BCUT2D eigenvalue weighted by Gasteiger charge is 2.30. The maximum atomic E-state index is 11.6. The van der Waals surface area contributed by atoms with E-state index >= 15 is 0 Å². The van der Waals surface area contributed by atoms with Crippen LogP contribution >= 0.6 is 0 Å². The SMILES string of the molecule is CN(C)C(=O)CN1CCN(C(C)(C)C#N)CC1. The summed E-state index contributed by atoms with van der Waals surface area (Å²) in [5.74, 6) is 0.137. The van der Waals surface area contributed by atoms with Crippen molar-refractivity contribution in [3.8, 4) is 6.07 Å². The van der Waals surface area contributed by atoms with E-state index in [2.05, 4.69) is 15.9 Å². The van der Waals surface area contributed by atoms with Crippen LogP contribution in [0, 0.1) is 11.3 Å². The first-order valence-corrected chi connectivity index (χ1v) is 5.95. The van der Waals surface area contributed by atoms with Crippen LogP contribution in [0.25, 0.3) is 0 Å². The monoisotopic (exact) mass is 238 g/mol. The summed E-state index contributed by atoms with van der Waals surface area (Å²) in [5, 5.41) is 9.06. The summed E-state index contributed by atoms with van der Waals surface area (Å²) in [6, 6.07) is 2.32. The van der Waals surface area contributed by atoms with Gasteiger partial charge in [0.2, 0.25) is 5.91 Å². The average molecular weight is 238 g/mol. The minimum Gasteiger partial charge on any atom is -0.348 e. The molecule has 5 nitrogen and oxygen atoms in total. The summed E-state index contributed by atoms with van der Waals surface area (Å²) in [4.78, 5) is 17.5. The summed E-state index contributed by atoms with van der Waals surface area (Å²) in [6.45, 7) is 7.76. The number of carbonyl (C=O) groups excluding carboxylic acids is 1. The third-order valence-corrected chi connectivity index (χ3v) is 3.29. The highest BCUT2D eigenvalue weighted by Crippen LogP contribution is 2.15. The average Bonchev–Trinajstić information content (AvgIpc) is 2.29. The lowest BCUT2D eigenvalue weighted by atomic mass is 10.0. The Kier molecular flexibility index (Phi) is 4.49. The summed E-state index contributed by atoms with van der Waals surface area (Å²) in [7, 11) is 3.55. The number of nitrogens with zero attached hydrogens (tertiary/aromatic N) is 4. The molecule has 1 fully saturated rings. The highest BCUT2D eigenvalue weighted by atomic mass is 16.2. The third-order valence-electron chi connectivity index (χ3n) is 3.29. The molecular formula is C12H22N4O. The molecule has 0 saturated carbocycles. The molecule has 0 atom stereocenters. The number of hydrogen-bond donors (Lipinski definition) is 0. The van der Waals surface area contributed by atoms with E-state index in [1.54, 1.807) is 19.0 Å². The van der Waals surface area contributed by atoms with Crippen LogP contribution in [0.3, 0.4) is 0 Å². The Morgan fingerprint density at radius 3 is 2.24 bits per heavy atom. The molecule has 17 heavy (non-hydrogen) atoms. The van der Waals surface area contributed by atoms with Crippen LogP contribution in [0.1, 0.15) is 13.8 Å². The molecule has 1 saturated heterocycles. The summed E-state index contributed by atoms with van der Waals surface area (Å²) in [6.07, 6.45) is 0. The predicted octanol–water partition coefficient (Wildman–Crippen LogP) is -0.00562. The molecule has 0 unspecified atom stereocenters. The van der Waals surface area contributed by atoms with Crippen molar-refractivity contribution in [3.05, 3.63) is 0 Å². The van der Waals surface area contributed by atoms with Crippen molar-refractivity contribution in [2.75, 3.05) is 46.8 Å². The molecule has 0 radical (unpaired) electrons. The molecule has 0 aromatic rings. The van der Waals surface area contributed by atoms with Gasteiger partial charge in [0.15, 0.2) is 0 Å². The summed E-state index contributed by atoms with van der Waals surface area (Å²) in [5.41, 5.74) is -0.405. The number of amides is 1. The largest absolute Gasteiger partial charge is 0.348 e. The molecule has 1 amide bonds. The van der Waals surface area contributed by atoms with Crippen LogP contribution in [0.2, 0.25) is 0 Å². The molecule has 0 bridgehead atoms. The maximum Gasteiger partial charge on any atom is 0.236 e. The van der Waals surface area contributed by atoms with Gasteiger partial charge in [0.05, 0.1) is 12.6 Å². The summed E-state index contributed by atoms with van der Waals surface area (Å²) >= 11 is 0. The molecule has 0 aromatic carbocycles. The molecule has 96 valence electrons. The lowest BCUT2D eigenvalue weighted by molar-refractivity contribution is -0.130. The fourth-order valence-corrected chi connectivity index (χ4v) is 1.87. The van der Waals surface area contributed by atoms with Crippen molar-refractivity contribution in [2.45, 2.75) is 19.4 Å². The Labute approximate surface area is 104 Å². The van der Waals surface area contributed by atoms with Crippen molar-refractivity contribution in [1.82, 2.24) is 14.7 Å². The Bertz CT molecular complexity index is 311. The van der Waals surface area contributed by atoms with Gasteiger partial charge in [-0.25, -0.2) is 0 Å². The molecule has 0 aliphatic carbocycles.